The third-order valence-electron chi connectivity index (χ3n) is 5.27. The molecular weight excluding hydrogens is 344 g/mol. The van der Waals surface area contributed by atoms with Crippen LogP contribution in [0.25, 0.3) is 0 Å². The molecule has 1 aromatic heterocycles. The Morgan fingerprint density at radius 1 is 1.15 bits per heavy atom. The van der Waals surface area contributed by atoms with Crippen LogP contribution in [0.5, 0.6) is 5.75 Å². The molecule has 4 rings (SSSR count). The zero-order valence-corrected chi connectivity index (χ0v) is 15.3. The average Bonchev–Trinajstić information content (AvgIpc) is 2.74. The molecule has 0 radical (unpaired) electrons. The van der Waals surface area contributed by atoms with Crippen LogP contribution in [0, 0.1) is 0 Å². The van der Waals surface area contributed by atoms with Crippen molar-refractivity contribution in [3.8, 4) is 5.75 Å². The zero-order valence-electron chi connectivity index (χ0n) is 15.3. The number of piperidine rings is 1. The van der Waals surface area contributed by atoms with Crippen LogP contribution in [0.2, 0.25) is 0 Å². The number of para-hydroxylation sites is 1. The van der Waals surface area contributed by atoms with Crippen molar-refractivity contribution in [1.29, 1.82) is 0 Å². The minimum atomic E-state index is -0.125. The van der Waals surface area contributed by atoms with Crippen molar-refractivity contribution in [3.05, 3.63) is 47.9 Å². The summed E-state index contributed by atoms with van der Waals surface area (Å²) < 4.78 is 5.41. The first-order chi connectivity index (χ1) is 13.2. The van der Waals surface area contributed by atoms with Crippen molar-refractivity contribution in [2.24, 2.45) is 0 Å². The van der Waals surface area contributed by atoms with Crippen molar-refractivity contribution in [2.45, 2.75) is 18.8 Å². The highest BCUT2D eigenvalue weighted by atomic mass is 16.5. The van der Waals surface area contributed by atoms with Gasteiger partial charge in [0, 0.05) is 38.2 Å². The highest BCUT2D eigenvalue weighted by molar-refractivity contribution is 5.96. The van der Waals surface area contributed by atoms with Gasteiger partial charge in [-0.15, -0.1) is 0 Å². The quantitative estimate of drug-likeness (QED) is 0.893. The summed E-state index contributed by atoms with van der Waals surface area (Å²) in [4.78, 5) is 25.8. The number of aromatic nitrogens is 2. The van der Waals surface area contributed by atoms with Gasteiger partial charge in [-0.2, -0.15) is 0 Å². The number of ether oxygens (including phenoxy) is 1. The van der Waals surface area contributed by atoms with Gasteiger partial charge in [-0.3, -0.25) is 4.79 Å². The highest BCUT2D eigenvalue weighted by Crippen LogP contribution is 2.29. The number of likely N-dealkylation sites (tertiary alicyclic amines) is 1. The molecule has 1 N–H and O–H groups in total. The zero-order chi connectivity index (χ0) is 18.6. The van der Waals surface area contributed by atoms with Crippen LogP contribution in [0.15, 0.2) is 36.7 Å². The Morgan fingerprint density at radius 3 is 2.78 bits per heavy atom. The second-order valence-corrected chi connectivity index (χ2v) is 7.01. The Balaban J connectivity index is 1.50. The largest absolute Gasteiger partial charge is 0.507 e. The first-order valence-corrected chi connectivity index (χ1v) is 9.44. The number of hydrogen-bond acceptors (Lipinski definition) is 6. The third kappa shape index (κ3) is 3.88. The van der Waals surface area contributed by atoms with E-state index in [2.05, 4.69) is 14.9 Å². The predicted molar refractivity (Wildman–Crippen MR) is 101 cm³/mol. The number of aromatic hydroxyl groups is 1. The van der Waals surface area contributed by atoms with Gasteiger partial charge in [0.05, 0.1) is 24.5 Å². The van der Waals surface area contributed by atoms with Gasteiger partial charge in [-0.25, -0.2) is 9.97 Å². The Kier molecular flexibility index (Phi) is 5.20. The van der Waals surface area contributed by atoms with Crippen molar-refractivity contribution in [2.75, 3.05) is 44.3 Å². The Bertz CT molecular complexity index is 807. The molecule has 1 amide bonds. The number of amides is 1. The van der Waals surface area contributed by atoms with E-state index in [0.717, 1.165) is 37.4 Å². The maximum atomic E-state index is 12.8. The number of carbonyl (C=O) groups is 1. The van der Waals surface area contributed by atoms with Crippen molar-refractivity contribution in [3.63, 3.8) is 0 Å². The normalized spacial score (nSPS) is 20.5. The van der Waals surface area contributed by atoms with Crippen LogP contribution in [-0.4, -0.2) is 65.3 Å². The SMILES string of the molecule is O=C(c1ccccc1O)N1CCCC(c2cc(N3CCOCC3)ncn2)C1. The molecule has 2 fully saturated rings. The molecule has 0 bridgehead atoms. The van der Waals surface area contributed by atoms with E-state index in [1.807, 2.05) is 11.0 Å². The summed E-state index contributed by atoms with van der Waals surface area (Å²) in [6.07, 6.45) is 3.52. The second-order valence-electron chi connectivity index (χ2n) is 7.01. The summed E-state index contributed by atoms with van der Waals surface area (Å²) in [6.45, 7) is 4.40. The second kappa shape index (κ2) is 7.92. The number of anilines is 1. The number of phenols is 1. The van der Waals surface area contributed by atoms with E-state index in [0.29, 0.717) is 31.9 Å². The highest BCUT2D eigenvalue weighted by Gasteiger charge is 2.28. The molecule has 3 heterocycles. The standard InChI is InChI=1S/C20H24N4O3/c25-18-6-2-1-5-16(18)20(26)24-7-3-4-15(13-24)17-12-19(22-14-21-17)23-8-10-27-11-9-23/h1-2,5-6,12,14-15,25H,3-4,7-11,13H2. The molecule has 2 aliphatic heterocycles. The monoisotopic (exact) mass is 368 g/mol. The molecule has 0 spiro atoms. The van der Waals surface area contributed by atoms with E-state index in [-0.39, 0.29) is 17.6 Å². The summed E-state index contributed by atoms with van der Waals surface area (Å²) in [6, 6.07) is 8.76. The van der Waals surface area contributed by atoms with Gasteiger partial charge < -0.3 is 19.6 Å². The summed E-state index contributed by atoms with van der Waals surface area (Å²) in [7, 11) is 0. The molecular formula is C20H24N4O3. The smallest absolute Gasteiger partial charge is 0.257 e. The lowest BCUT2D eigenvalue weighted by Gasteiger charge is -2.33. The topological polar surface area (TPSA) is 78.8 Å². The number of carbonyl (C=O) groups excluding carboxylic acids is 1. The molecule has 2 aromatic rings. The summed E-state index contributed by atoms with van der Waals surface area (Å²) in [5.41, 5.74) is 1.33. The fourth-order valence-corrected chi connectivity index (χ4v) is 3.78. The predicted octanol–water partition coefficient (Wildman–Crippen LogP) is 2.04. The van der Waals surface area contributed by atoms with Gasteiger partial charge in [0.15, 0.2) is 0 Å². The van der Waals surface area contributed by atoms with E-state index < -0.39 is 0 Å². The van der Waals surface area contributed by atoms with E-state index in [4.69, 9.17) is 4.74 Å². The molecule has 1 atom stereocenters. The molecule has 1 unspecified atom stereocenters. The molecule has 0 saturated carbocycles. The van der Waals surface area contributed by atoms with Crippen molar-refractivity contribution < 1.29 is 14.6 Å². The van der Waals surface area contributed by atoms with E-state index in [1.165, 1.54) is 0 Å². The molecule has 7 nitrogen and oxygen atoms in total. The number of benzene rings is 1. The first kappa shape index (κ1) is 17.7. The number of nitrogens with zero attached hydrogens (tertiary/aromatic N) is 4. The summed E-state index contributed by atoms with van der Waals surface area (Å²) >= 11 is 0. The number of morpholine rings is 1. The van der Waals surface area contributed by atoms with E-state index >= 15 is 0 Å². The molecule has 7 heteroatoms. The number of phenolic OH excluding ortho intramolecular Hbond substituents is 1. The Labute approximate surface area is 158 Å². The van der Waals surface area contributed by atoms with Gasteiger partial charge in [0.2, 0.25) is 0 Å². The van der Waals surface area contributed by atoms with Crippen LogP contribution in [0.4, 0.5) is 5.82 Å². The Morgan fingerprint density at radius 2 is 1.96 bits per heavy atom. The molecule has 2 saturated heterocycles. The first-order valence-electron chi connectivity index (χ1n) is 9.44. The summed E-state index contributed by atoms with van der Waals surface area (Å²) in [5.74, 6) is 1.00. The van der Waals surface area contributed by atoms with Gasteiger partial charge in [-0.1, -0.05) is 12.1 Å². The van der Waals surface area contributed by atoms with Crippen LogP contribution >= 0.6 is 0 Å². The van der Waals surface area contributed by atoms with Crippen LogP contribution < -0.4 is 4.90 Å². The number of hydrogen-bond donors (Lipinski definition) is 1. The molecule has 2 aliphatic rings. The van der Waals surface area contributed by atoms with Crippen LogP contribution in [0.1, 0.15) is 34.8 Å². The van der Waals surface area contributed by atoms with Crippen LogP contribution in [0.3, 0.4) is 0 Å². The van der Waals surface area contributed by atoms with Crippen molar-refractivity contribution in [1.82, 2.24) is 14.9 Å². The fourth-order valence-electron chi connectivity index (χ4n) is 3.78. The molecule has 0 aliphatic carbocycles. The van der Waals surface area contributed by atoms with Gasteiger partial charge in [0.1, 0.15) is 17.9 Å². The molecule has 27 heavy (non-hydrogen) atoms. The van der Waals surface area contributed by atoms with Crippen molar-refractivity contribution >= 4 is 11.7 Å². The van der Waals surface area contributed by atoms with E-state index in [1.54, 1.807) is 30.6 Å². The minimum Gasteiger partial charge on any atom is -0.507 e. The molecule has 1 aromatic carbocycles. The van der Waals surface area contributed by atoms with Gasteiger partial charge in [0.25, 0.3) is 5.91 Å². The fraction of sp³-hybridized carbons (Fsp3) is 0.450. The third-order valence-corrected chi connectivity index (χ3v) is 5.27. The molecule has 142 valence electrons. The maximum absolute atomic E-state index is 12.8. The lowest BCUT2D eigenvalue weighted by molar-refractivity contribution is 0.0703. The minimum absolute atomic E-state index is 0.0289. The Hall–Kier alpha value is -2.67. The number of rotatable bonds is 3. The van der Waals surface area contributed by atoms with E-state index in [9.17, 15) is 9.90 Å². The lowest BCUT2D eigenvalue weighted by atomic mass is 9.94. The average molecular weight is 368 g/mol. The summed E-state index contributed by atoms with van der Waals surface area (Å²) in [5, 5.41) is 9.99. The maximum Gasteiger partial charge on any atom is 0.257 e. The lowest BCUT2D eigenvalue weighted by Crippen LogP contribution is -2.39. The van der Waals surface area contributed by atoms with Crippen LogP contribution in [-0.2, 0) is 4.74 Å². The van der Waals surface area contributed by atoms with Gasteiger partial charge in [-0.05, 0) is 25.0 Å². The van der Waals surface area contributed by atoms with Gasteiger partial charge >= 0.3 is 0 Å².